The molecule has 16 aromatic carbocycles. The van der Waals surface area contributed by atoms with Crippen LogP contribution in [0.4, 0.5) is 0 Å². The lowest BCUT2D eigenvalue weighted by Gasteiger charge is -2.19. The second-order valence-electron chi connectivity index (χ2n) is 35.4. The first kappa shape index (κ1) is 73.1. The van der Waals surface area contributed by atoms with Gasteiger partial charge in [0.15, 0.2) is 34.5 Å². The second-order valence-corrected chi connectivity index (χ2v) is 35.4. The maximum absolute atomic E-state index is 15.2. The van der Waals surface area contributed by atoms with E-state index in [9.17, 15) is 0 Å². The van der Waals surface area contributed by atoms with Crippen LogP contribution in [0.2, 0.25) is 0 Å². The van der Waals surface area contributed by atoms with Crippen LogP contribution >= 0.6 is 0 Å². The molecule has 12 nitrogen and oxygen atoms in total. The fraction of sp³-hybridized carbons (Fsp3) is 0.222. The molecule has 6 fully saturated rings. The van der Waals surface area contributed by atoms with Crippen LogP contribution in [0.15, 0.2) is 255 Å². The van der Waals surface area contributed by atoms with Gasteiger partial charge in [-0.3, -0.25) is 28.8 Å². The molecule has 16 aromatic rings. The minimum Gasteiger partial charge on any atom is -0.422 e. The molecule has 0 aromatic heterocycles. The lowest BCUT2D eigenvalue weighted by molar-refractivity contribution is -0.138. The van der Waals surface area contributed by atoms with Gasteiger partial charge in [0.25, 0.3) is 0 Å². The zero-order valence-corrected chi connectivity index (χ0v) is 67.3. The van der Waals surface area contributed by atoms with Gasteiger partial charge in [-0.05, 0) is 282 Å². The minimum absolute atomic E-state index is 0.0373. The first-order valence-electron chi connectivity index (χ1n) is 42.1. The molecule has 6 aliphatic carbocycles. The fourth-order valence-corrected chi connectivity index (χ4v) is 19.2. The average molecular weight is 1570 g/mol. The maximum Gasteiger partial charge on any atom is 0.315 e. The molecule has 0 heterocycles. The number of benzene rings is 16. The van der Waals surface area contributed by atoms with E-state index in [0.29, 0.717) is 70.8 Å². The second kappa shape index (κ2) is 28.2. The molecule has 0 saturated heterocycles. The summed E-state index contributed by atoms with van der Waals surface area (Å²) in [6, 6.07) is 85.8. The van der Waals surface area contributed by atoms with Crippen LogP contribution in [0, 0.1) is 77.0 Å². The Morgan fingerprint density at radius 3 is 0.467 bits per heavy atom. The first-order chi connectivity index (χ1) is 58.2. The molecular formula is C108H84O12. The van der Waals surface area contributed by atoms with Gasteiger partial charge in [-0.1, -0.05) is 252 Å². The predicted octanol–water partition coefficient (Wildman–Crippen LogP) is 24.2. The highest BCUT2D eigenvalue weighted by Gasteiger charge is 2.51. The summed E-state index contributed by atoms with van der Waals surface area (Å²) in [5.41, 5.74) is 12.9. The van der Waals surface area contributed by atoms with Crippen LogP contribution in [0.1, 0.15) is 141 Å². The van der Waals surface area contributed by atoms with Crippen molar-refractivity contribution in [2.45, 2.75) is 116 Å². The standard InChI is InChI=1S/C108H84O12/c1-55-7-13-67-37-73(25-19-61(67)31-55)79-43-91(79)103(109)115-97-49-85-86(50-98(97)116-104(110)92-44-80(92)74-26-20-62-32-56(2)8-14-68(62)38-74)88-52-100(118-106(112)94-46-82(94)76-28-22-64-34-58(4)10-16-70(64)40-76)102(120-108(114)96-48-84(96)78-30-24-66-36-60(6)12-18-72(66)42-78)54-90(88)89-53-101(119-107(113)95-47-83(95)77-29-23-65-35-59(5)11-17-71(65)41-77)99(51-87(85)89)117-105(111)93-45-81(93)75-27-21-63-33-57(3)9-15-69(63)39-75/h7-42,49-54,79-84,91-96H,43-48H2,1-6H3. The number of ether oxygens (including phenoxy) is 6. The summed E-state index contributed by atoms with van der Waals surface area (Å²) in [7, 11) is 0. The number of rotatable bonds is 18. The lowest BCUT2D eigenvalue weighted by atomic mass is 9.93. The van der Waals surface area contributed by atoms with Crippen LogP contribution in [-0.2, 0) is 28.8 Å². The summed E-state index contributed by atoms with van der Waals surface area (Å²) >= 11 is 0. The van der Waals surface area contributed by atoms with Crippen LogP contribution in [-0.4, -0.2) is 35.8 Å². The lowest BCUT2D eigenvalue weighted by Crippen LogP contribution is -2.16. The number of carbonyl (C=O) groups is 6. The Kier molecular flexibility index (Phi) is 17.2. The highest BCUT2D eigenvalue weighted by molar-refractivity contribution is 6.27. The van der Waals surface area contributed by atoms with Crippen LogP contribution in [0.3, 0.4) is 0 Å². The van der Waals surface area contributed by atoms with Crippen molar-refractivity contribution in [3.8, 4) is 34.5 Å². The summed E-state index contributed by atoms with van der Waals surface area (Å²) in [5.74, 6) is -7.57. The van der Waals surface area contributed by atoms with Crippen molar-refractivity contribution < 1.29 is 57.2 Å². The van der Waals surface area contributed by atoms with Crippen LogP contribution in [0.5, 0.6) is 34.5 Å². The van der Waals surface area contributed by atoms with E-state index in [2.05, 4.69) is 260 Å². The quantitative estimate of drug-likeness (QED) is 0.0455. The number of esters is 6. The van der Waals surface area contributed by atoms with E-state index < -0.39 is 71.3 Å². The summed E-state index contributed by atoms with van der Waals surface area (Å²) in [5, 5.41) is 15.6. The fourth-order valence-electron chi connectivity index (χ4n) is 19.2. The van der Waals surface area contributed by atoms with Crippen molar-refractivity contribution in [2.24, 2.45) is 35.5 Å². The third-order valence-electron chi connectivity index (χ3n) is 26.6. The predicted molar refractivity (Wildman–Crippen MR) is 470 cm³/mol. The zero-order valence-electron chi connectivity index (χ0n) is 67.3. The van der Waals surface area contributed by atoms with E-state index in [1.54, 1.807) is 36.4 Å². The molecule has 0 radical (unpaired) electrons. The Morgan fingerprint density at radius 2 is 0.317 bits per heavy atom. The number of fused-ring (bicyclic) bond motifs is 12. The maximum atomic E-state index is 15.2. The summed E-state index contributed by atoms with van der Waals surface area (Å²) in [6.07, 6.45) is 3.12. The molecule has 0 amide bonds. The van der Waals surface area contributed by atoms with Gasteiger partial charge in [0, 0.05) is 0 Å². The molecule has 12 unspecified atom stereocenters. The monoisotopic (exact) mass is 1570 g/mol. The SMILES string of the molecule is Cc1ccc2cc(C3CC3C(=O)Oc3cc4c5cc(OC(=O)C6CC6c6ccc7cc(C)ccc7c6)c(OC(=O)C6CC6c6ccc7cc(C)ccc7c6)cc5c5cc(OC(=O)C6CC6c6ccc7cc(C)ccc7c6)c(OC(=O)C6CC6c6ccc7cc(C)ccc7c6)cc5c4cc3OC(=O)C3CC3c3ccc4cc(C)ccc4c3)ccc2c1. The van der Waals surface area contributed by atoms with Gasteiger partial charge in [-0.15, -0.1) is 0 Å². The van der Waals surface area contributed by atoms with Gasteiger partial charge in [0.1, 0.15) is 0 Å². The van der Waals surface area contributed by atoms with E-state index in [1.807, 2.05) is 0 Å². The topological polar surface area (TPSA) is 158 Å². The van der Waals surface area contributed by atoms with E-state index in [1.165, 1.54) is 0 Å². The molecule has 0 N–H and O–H groups in total. The van der Waals surface area contributed by atoms with Crippen molar-refractivity contribution in [3.63, 3.8) is 0 Å². The number of carbonyl (C=O) groups excluding carboxylic acids is 6. The van der Waals surface area contributed by atoms with Crippen LogP contribution in [0.25, 0.3) is 97.0 Å². The van der Waals surface area contributed by atoms with Crippen LogP contribution < -0.4 is 28.4 Å². The molecule has 22 rings (SSSR count). The molecule has 6 saturated carbocycles. The number of hydrogen-bond donors (Lipinski definition) is 0. The Balaban J connectivity index is 0.702. The van der Waals surface area contributed by atoms with E-state index in [4.69, 9.17) is 28.4 Å². The molecular weight excluding hydrogens is 1490 g/mol. The zero-order chi connectivity index (χ0) is 81.4. The van der Waals surface area contributed by atoms with Gasteiger partial charge < -0.3 is 28.4 Å². The summed E-state index contributed by atoms with van der Waals surface area (Å²) < 4.78 is 40.3. The van der Waals surface area contributed by atoms with Crippen molar-refractivity contribution in [2.75, 3.05) is 0 Å². The normalized spacial score (nSPS) is 21.8. The number of hydrogen-bond acceptors (Lipinski definition) is 12. The van der Waals surface area contributed by atoms with Gasteiger partial charge in [-0.2, -0.15) is 0 Å². The molecule has 0 aliphatic heterocycles. The van der Waals surface area contributed by atoms with E-state index in [0.717, 1.165) is 131 Å². The Bertz CT molecular complexity index is 6080. The van der Waals surface area contributed by atoms with Gasteiger partial charge in [0.2, 0.25) is 0 Å². The average Bonchev–Trinajstić information content (AvgIpc) is 1.54. The molecule has 588 valence electrons. The number of aryl methyl sites for hydroxylation is 6. The largest absolute Gasteiger partial charge is 0.422 e. The Hall–Kier alpha value is -13.3. The molecule has 12 heteroatoms. The Labute approximate surface area is 692 Å². The Morgan fingerprint density at radius 1 is 0.183 bits per heavy atom. The molecule has 0 spiro atoms. The third-order valence-corrected chi connectivity index (χ3v) is 26.6. The third kappa shape index (κ3) is 13.7. The van der Waals surface area contributed by atoms with Gasteiger partial charge >= 0.3 is 35.8 Å². The van der Waals surface area contributed by atoms with E-state index >= 15 is 28.8 Å². The molecule has 12 atom stereocenters. The first-order valence-corrected chi connectivity index (χ1v) is 42.1. The smallest absolute Gasteiger partial charge is 0.315 e. The molecule has 0 bridgehead atoms. The van der Waals surface area contributed by atoms with Crippen molar-refractivity contribution in [1.29, 1.82) is 0 Å². The van der Waals surface area contributed by atoms with Gasteiger partial charge in [0.05, 0.1) is 35.5 Å². The van der Waals surface area contributed by atoms with Gasteiger partial charge in [-0.25, -0.2) is 0 Å². The van der Waals surface area contributed by atoms with Crippen molar-refractivity contribution >= 4 is 133 Å². The van der Waals surface area contributed by atoms with Crippen molar-refractivity contribution in [1.82, 2.24) is 0 Å². The van der Waals surface area contributed by atoms with E-state index in [-0.39, 0.29) is 70.0 Å². The highest BCUT2D eigenvalue weighted by Crippen LogP contribution is 2.58. The molecule has 120 heavy (non-hydrogen) atoms. The summed E-state index contributed by atoms with van der Waals surface area (Å²) in [4.78, 5) is 91.5. The highest BCUT2D eigenvalue weighted by atomic mass is 16.6. The summed E-state index contributed by atoms with van der Waals surface area (Å²) in [6.45, 7) is 12.4. The minimum atomic E-state index is -0.548. The van der Waals surface area contributed by atoms with Crippen molar-refractivity contribution in [3.05, 3.63) is 322 Å². The molecule has 6 aliphatic rings.